The molecule has 0 radical (unpaired) electrons. The van der Waals surface area contributed by atoms with Crippen LogP contribution in [0.4, 0.5) is 0 Å². The third-order valence-corrected chi connectivity index (χ3v) is 4.22. The van der Waals surface area contributed by atoms with Crippen LogP contribution < -0.4 is 5.32 Å². The Labute approximate surface area is 143 Å². The number of fused-ring (bicyclic) bond motifs is 1. The smallest absolute Gasteiger partial charge is 0.330 e. The highest BCUT2D eigenvalue weighted by atomic mass is 16.4. The Balaban J connectivity index is 1.93. The van der Waals surface area contributed by atoms with Crippen LogP contribution in [0.15, 0.2) is 28.7 Å². The number of aromatic hydroxyl groups is 1. The minimum atomic E-state index is -1.31. The molecule has 1 aliphatic carbocycles. The van der Waals surface area contributed by atoms with Crippen LogP contribution in [0.1, 0.15) is 56.7 Å². The number of aryl methyl sites for hydroxylation is 2. The molecule has 1 aromatic carbocycles. The molecule has 0 saturated carbocycles. The Morgan fingerprint density at radius 2 is 1.88 bits per heavy atom. The number of benzene rings is 1. The highest BCUT2D eigenvalue weighted by molar-refractivity contribution is 6.10. The lowest BCUT2D eigenvalue weighted by Gasteiger charge is -2.16. The van der Waals surface area contributed by atoms with E-state index in [0.717, 1.165) is 0 Å². The highest BCUT2D eigenvalue weighted by Crippen LogP contribution is 2.30. The summed E-state index contributed by atoms with van der Waals surface area (Å²) in [6.45, 7) is 1.58. The van der Waals surface area contributed by atoms with Gasteiger partial charge in [0.05, 0.1) is 11.1 Å². The van der Waals surface area contributed by atoms with Crippen LogP contribution in [-0.2, 0) is 11.2 Å². The van der Waals surface area contributed by atoms with E-state index in [0.29, 0.717) is 36.3 Å². The van der Waals surface area contributed by atoms with Gasteiger partial charge >= 0.3 is 5.97 Å². The maximum Gasteiger partial charge on any atom is 0.330 e. The number of furan rings is 1. The first-order valence-corrected chi connectivity index (χ1v) is 7.86. The third-order valence-electron chi connectivity index (χ3n) is 4.22. The van der Waals surface area contributed by atoms with E-state index in [1.807, 2.05) is 0 Å². The van der Waals surface area contributed by atoms with Crippen molar-refractivity contribution in [1.29, 1.82) is 0 Å². The molecular weight excluding hydrogens is 326 g/mol. The molecule has 1 amide bonds. The number of hydrogen-bond donors (Lipinski definition) is 3. The van der Waals surface area contributed by atoms with Gasteiger partial charge in [-0.25, -0.2) is 4.79 Å². The van der Waals surface area contributed by atoms with Gasteiger partial charge in [0, 0.05) is 12.8 Å². The molecule has 1 heterocycles. The van der Waals surface area contributed by atoms with Crippen molar-refractivity contribution in [2.24, 2.45) is 0 Å². The SMILES string of the molecule is Cc1oc2c(c1C(=O)N[C@@H](C(=O)O)c1ccc(O)cc1)C(=O)CCC2. The molecule has 2 aromatic rings. The van der Waals surface area contributed by atoms with Gasteiger partial charge in [0.15, 0.2) is 11.8 Å². The molecule has 1 atom stereocenters. The number of phenolic OH excluding ortho intramolecular Hbond substituents is 1. The van der Waals surface area contributed by atoms with Crippen LogP contribution in [0.2, 0.25) is 0 Å². The van der Waals surface area contributed by atoms with Gasteiger partial charge in [-0.15, -0.1) is 0 Å². The van der Waals surface area contributed by atoms with Crippen molar-refractivity contribution in [2.75, 3.05) is 0 Å². The summed E-state index contributed by atoms with van der Waals surface area (Å²) in [6, 6.07) is 4.20. The quantitative estimate of drug-likeness (QED) is 0.784. The molecular formula is C18H17NO6. The minimum Gasteiger partial charge on any atom is -0.508 e. The Morgan fingerprint density at radius 1 is 1.20 bits per heavy atom. The summed E-state index contributed by atoms with van der Waals surface area (Å²) < 4.78 is 5.53. The Hall–Kier alpha value is -3.09. The maximum atomic E-state index is 12.7. The molecule has 130 valence electrons. The van der Waals surface area contributed by atoms with Gasteiger partial charge in [-0.2, -0.15) is 0 Å². The first-order valence-electron chi connectivity index (χ1n) is 7.86. The highest BCUT2D eigenvalue weighted by Gasteiger charge is 2.32. The second-order valence-electron chi connectivity index (χ2n) is 5.94. The van der Waals surface area contributed by atoms with Crippen molar-refractivity contribution in [3.05, 3.63) is 52.5 Å². The van der Waals surface area contributed by atoms with Gasteiger partial charge in [0.2, 0.25) is 0 Å². The number of hydrogen-bond acceptors (Lipinski definition) is 5. The summed E-state index contributed by atoms with van der Waals surface area (Å²) in [7, 11) is 0. The van der Waals surface area contributed by atoms with Crippen molar-refractivity contribution in [2.45, 2.75) is 32.2 Å². The van der Waals surface area contributed by atoms with Crippen molar-refractivity contribution in [3.63, 3.8) is 0 Å². The van der Waals surface area contributed by atoms with E-state index in [1.165, 1.54) is 24.3 Å². The van der Waals surface area contributed by atoms with E-state index in [2.05, 4.69) is 5.32 Å². The Bertz CT molecular complexity index is 849. The van der Waals surface area contributed by atoms with E-state index in [1.54, 1.807) is 6.92 Å². The molecule has 0 spiro atoms. The topological polar surface area (TPSA) is 117 Å². The zero-order chi connectivity index (χ0) is 18.1. The molecule has 7 heteroatoms. The van der Waals surface area contributed by atoms with E-state index < -0.39 is 17.9 Å². The van der Waals surface area contributed by atoms with Crippen molar-refractivity contribution in [3.8, 4) is 5.75 Å². The van der Waals surface area contributed by atoms with E-state index in [4.69, 9.17) is 4.42 Å². The van der Waals surface area contributed by atoms with Gasteiger partial charge in [-0.05, 0) is 31.0 Å². The van der Waals surface area contributed by atoms with Gasteiger partial charge in [0.25, 0.3) is 5.91 Å². The predicted molar refractivity (Wildman–Crippen MR) is 86.7 cm³/mol. The molecule has 0 fully saturated rings. The molecule has 0 unspecified atom stereocenters. The number of aliphatic carboxylic acids is 1. The standard InChI is InChI=1S/C18H17NO6/c1-9-14(15-12(21)3-2-4-13(15)25-9)17(22)19-16(18(23)24)10-5-7-11(20)8-6-10/h5-8,16,20H,2-4H2,1H3,(H,19,22)(H,23,24)/t16-/m1/s1. The summed E-state index contributed by atoms with van der Waals surface area (Å²) in [5, 5.41) is 21.2. The zero-order valence-corrected chi connectivity index (χ0v) is 13.5. The fourth-order valence-corrected chi connectivity index (χ4v) is 3.04. The van der Waals surface area contributed by atoms with Crippen LogP contribution in [0.5, 0.6) is 5.75 Å². The van der Waals surface area contributed by atoms with Gasteiger partial charge in [-0.3, -0.25) is 9.59 Å². The minimum absolute atomic E-state index is 0.00967. The van der Waals surface area contributed by atoms with E-state index in [9.17, 15) is 24.6 Å². The second-order valence-corrected chi connectivity index (χ2v) is 5.94. The maximum absolute atomic E-state index is 12.7. The van der Waals surface area contributed by atoms with Gasteiger partial charge in [-0.1, -0.05) is 12.1 Å². The average molecular weight is 343 g/mol. The summed E-state index contributed by atoms with van der Waals surface area (Å²) in [4.78, 5) is 36.4. The molecule has 7 nitrogen and oxygen atoms in total. The van der Waals surface area contributed by atoms with E-state index in [-0.39, 0.29) is 22.7 Å². The van der Waals surface area contributed by atoms with Crippen LogP contribution >= 0.6 is 0 Å². The van der Waals surface area contributed by atoms with Gasteiger partial charge in [0.1, 0.15) is 17.3 Å². The third kappa shape index (κ3) is 3.13. The lowest BCUT2D eigenvalue weighted by Crippen LogP contribution is -2.34. The first-order chi connectivity index (χ1) is 11.9. The monoisotopic (exact) mass is 343 g/mol. The number of carboxylic acids is 1. The molecule has 3 rings (SSSR count). The fourth-order valence-electron chi connectivity index (χ4n) is 3.04. The summed E-state index contributed by atoms with van der Waals surface area (Å²) in [5.41, 5.74) is 0.667. The van der Waals surface area contributed by atoms with E-state index >= 15 is 0 Å². The van der Waals surface area contributed by atoms with Crippen LogP contribution in [0.3, 0.4) is 0 Å². The molecule has 1 aliphatic rings. The number of phenols is 1. The molecule has 3 N–H and O–H groups in total. The lowest BCUT2D eigenvalue weighted by molar-refractivity contribution is -0.139. The van der Waals surface area contributed by atoms with Crippen molar-refractivity contribution in [1.82, 2.24) is 5.32 Å². The first kappa shape index (κ1) is 16.8. The van der Waals surface area contributed by atoms with Crippen molar-refractivity contribution < 1.29 is 29.0 Å². The molecule has 0 saturated heterocycles. The molecule has 0 aliphatic heterocycles. The number of rotatable bonds is 4. The fraction of sp³-hybridized carbons (Fsp3) is 0.278. The summed E-state index contributed by atoms with van der Waals surface area (Å²) >= 11 is 0. The molecule has 1 aromatic heterocycles. The predicted octanol–water partition coefficient (Wildman–Crippen LogP) is 2.37. The number of ketones is 1. The van der Waals surface area contributed by atoms with Crippen LogP contribution in [0.25, 0.3) is 0 Å². The number of amides is 1. The van der Waals surface area contributed by atoms with Crippen LogP contribution in [0, 0.1) is 6.92 Å². The number of Topliss-reactive ketones (excluding diaryl/α,β-unsaturated/α-hetero) is 1. The second kappa shape index (κ2) is 6.43. The van der Waals surface area contributed by atoms with Crippen LogP contribution in [-0.4, -0.2) is 27.9 Å². The molecule has 25 heavy (non-hydrogen) atoms. The Morgan fingerprint density at radius 3 is 2.52 bits per heavy atom. The molecule has 0 bridgehead atoms. The largest absolute Gasteiger partial charge is 0.508 e. The average Bonchev–Trinajstić information content (AvgIpc) is 2.90. The van der Waals surface area contributed by atoms with Crippen molar-refractivity contribution >= 4 is 17.7 Å². The number of carbonyl (C=O) groups excluding carboxylic acids is 2. The number of carbonyl (C=O) groups is 3. The number of carboxylic acid groups (broad SMARTS) is 1. The van der Waals surface area contributed by atoms with Gasteiger partial charge < -0.3 is 19.9 Å². The zero-order valence-electron chi connectivity index (χ0n) is 13.5. The Kier molecular flexibility index (Phi) is 4.31. The summed E-state index contributed by atoms with van der Waals surface area (Å²) in [6.07, 6.45) is 1.59. The summed E-state index contributed by atoms with van der Waals surface area (Å²) in [5.74, 6) is -1.31. The lowest BCUT2D eigenvalue weighted by atomic mass is 9.93. The normalized spacial score (nSPS) is 14.7. The number of nitrogens with one attached hydrogen (secondary N) is 1.